The van der Waals surface area contributed by atoms with E-state index in [1.54, 1.807) is 0 Å². The standard InChI is InChI=1S/C11H28N4O/c1-3-14(4-2)15(9-5-11-16)10-8-13-7-6-12/h13,16H,3-12H2,1-2H3. The molecular formula is C11H28N4O. The Bertz CT molecular complexity index is 142. The van der Waals surface area contributed by atoms with Crippen LogP contribution in [-0.4, -0.2) is 67.5 Å². The third-order valence-corrected chi connectivity index (χ3v) is 2.57. The molecule has 0 unspecified atom stereocenters. The molecule has 16 heavy (non-hydrogen) atoms. The molecule has 0 radical (unpaired) electrons. The molecule has 0 bridgehead atoms. The van der Waals surface area contributed by atoms with Crippen LogP contribution < -0.4 is 11.1 Å². The fourth-order valence-electron chi connectivity index (χ4n) is 1.71. The Hall–Kier alpha value is -0.200. The number of rotatable bonds is 11. The number of hydrogen-bond acceptors (Lipinski definition) is 5. The number of aliphatic hydroxyl groups excluding tert-OH is 1. The average Bonchev–Trinajstić information content (AvgIpc) is 2.31. The van der Waals surface area contributed by atoms with Crippen molar-refractivity contribution in [2.45, 2.75) is 20.3 Å². The van der Waals surface area contributed by atoms with Crippen LogP contribution in [0.2, 0.25) is 0 Å². The lowest BCUT2D eigenvalue weighted by atomic mass is 10.4. The third kappa shape index (κ3) is 7.14. The first-order valence-electron chi connectivity index (χ1n) is 6.31. The Balaban J connectivity index is 3.88. The number of nitrogens with two attached hydrogens (primary N) is 1. The molecule has 0 aromatic carbocycles. The fraction of sp³-hybridized carbons (Fsp3) is 1.00. The molecule has 0 aliphatic carbocycles. The topological polar surface area (TPSA) is 64.8 Å². The lowest BCUT2D eigenvalue weighted by Gasteiger charge is -2.33. The van der Waals surface area contributed by atoms with Crippen molar-refractivity contribution in [2.24, 2.45) is 5.73 Å². The van der Waals surface area contributed by atoms with Crippen molar-refractivity contribution in [1.82, 2.24) is 15.3 Å². The Morgan fingerprint density at radius 3 is 2.25 bits per heavy atom. The van der Waals surface area contributed by atoms with Crippen LogP contribution in [0, 0.1) is 0 Å². The Morgan fingerprint density at radius 2 is 1.75 bits per heavy atom. The molecular weight excluding hydrogens is 204 g/mol. The minimum atomic E-state index is 0.258. The van der Waals surface area contributed by atoms with Gasteiger partial charge in [0.2, 0.25) is 0 Å². The van der Waals surface area contributed by atoms with E-state index in [0.29, 0.717) is 6.54 Å². The van der Waals surface area contributed by atoms with Crippen molar-refractivity contribution in [3.05, 3.63) is 0 Å². The monoisotopic (exact) mass is 232 g/mol. The molecule has 0 spiro atoms. The van der Waals surface area contributed by atoms with Gasteiger partial charge in [-0.3, -0.25) is 0 Å². The molecule has 5 nitrogen and oxygen atoms in total. The molecule has 0 saturated heterocycles. The van der Waals surface area contributed by atoms with Gasteiger partial charge >= 0.3 is 0 Å². The Labute approximate surface area is 99.6 Å². The molecule has 0 heterocycles. The molecule has 0 aliphatic rings. The molecule has 0 aliphatic heterocycles. The Kier molecular flexibility index (Phi) is 11.1. The summed E-state index contributed by atoms with van der Waals surface area (Å²) < 4.78 is 0. The van der Waals surface area contributed by atoms with Crippen LogP contribution in [-0.2, 0) is 0 Å². The van der Waals surface area contributed by atoms with E-state index in [-0.39, 0.29) is 6.61 Å². The first-order chi connectivity index (χ1) is 7.79. The molecule has 4 N–H and O–H groups in total. The lowest BCUT2D eigenvalue weighted by Crippen LogP contribution is -2.46. The molecule has 0 fully saturated rings. The zero-order valence-electron chi connectivity index (χ0n) is 10.8. The highest BCUT2D eigenvalue weighted by Crippen LogP contribution is 1.98. The predicted molar refractivity (Wildman–Crippen MR) is 68.1 cm³/mol. The highest BCUT2D eigenvalue weighted by molar-refractivity contribution is 4.59. The smallest absolute Gasteiger partial charge is 0.0443 e. The normalized spacial score (nSPS) is 11.6. The maximum atomic E-state index is 8.87. The van der Waals surface area contributed by atoms with Crippen molar-refractivity contribution in [3.8, 4) is 0 Å². The number of hydrogen-bond donors (Lipinski definition) is 3. The van der Waals surface area contributed by atoms with E-state index in [2.05, 4.69) is 29.2 Å². The third-order valence-electron chi connectivity index (χ3n) is 2.57. The van der Waals surface area contributed by atoms with Gasteiger partial charge in [0.05, 0.1) is 0 Å². The average molecular weight is 232 g/mol. The van der Waals surface area contributed by atoms with Gasteiger partial charge in [-0.2, -0.15) is 0 Å². The summed E-state index contributed by atoms with van der Waals surface area (Å²) in [6.07, 6.45) is 0.827. The summed E-state index contributed by atoms with van der Waals surface area (Å²) >= 11 is 0. The van der Waals surface area contributed by atoms with Crippen LogP contribution >= 0.6 is 0 Å². The maximum Gasteiger partial charge on any atom is 0.0443 e. The molecule has 0 aromatic heterocycles. The SMILES string of the molecule is CCN(CC)N(CCCO)CCNCCN. The number of nitrogens with one attached hydrogen (secondary N) is 1. The summed E-state index contributed by atoms with van der Waals surface area (Å²) in [5.74, 6) is 0. The number of nitrogens with zero attached hydrogens (tertiary/aromatic N) is 2. The largest absolute Gasteiger partial charge is 0.396 e. The van der Waals surface area contributed by atoms with Crippen LogP contribution in [0.3, 0.4) is 0 Å². The molecule has 98 valence electrons. The van der Waals surface area contributed by atoms with E-state index >= 15 is 0 Å². The van der Waals surface area contributed by atoms with Crippen LogP contribution in [0.15, 0.2) is 0 Å². The first-order valence-corrected chi connectivity index (χ1v) is 6.31. The molecule has 0 aromatic rings. The maximum absolute atomic E-state index is 8.87. The van der Waals surface area contributed by atoms with Crippen molar-refractivity contribution < 1.29 is 5.11 Å². The van der Waals surface area contributed by atoms with Crippen LogP contribution in [0.4, 0.5) is 0 Å². The van der Waals surface area contributed by atoms with E-state index in [0.717, 1.165) is 45.7 Å². The molecule has 5 heteroatoms. The van der Waals surface area contributed by atoms with E-state index < -0.39 is 0 Å². The van der Waals surface area contributed by atoms with Gasteiger partial charge < -0.3 is 16.2 Å². The van der Waals surface area contributed by atoms with Gasteiger partial charge in [0, 0.05) is 52.4 Å². The van der Waals surface area contributed by atoms with Gasteiger partial charge in [0.25, 0.3) is 0 Å². The fourth-order valence-corrected chi connectivity index (χ4v) is 1.71. The minimum absolute atomic E-state index is 0.258. The first kappa shape index (κ1) is 15.8. The van der Waals surface area contributed by atoms with Gasteiger partial charge in [-0.1, -0.05) is 13.8 Å². The van der Waals surface area contributed by atoms with Crippen molar-refractivity contribution in [1.29, 1.82) is 0 Å². The van der Waals surface area contributed by atoms with Crippen molar-refractivity contribution in [2.75, 3.05) is 52.4 Å². The highest BCUT2D eigenvalue weighted by Gasteiger charge is 2.10. The predicted octanol–water partition coefficient (Wildman–Crippen LogP) is -0.524. The quantitative estimate of drug-likeness (QED) is 0.330. The van der Waals surface area contributed by atoms with E-state index in [1.807, 2.05) is 0 Å². The minimum Gasteiger partial charge on any atom is -0.396 e. The second-order valence-electron chi connectivity index (χ2n) is 3.71. The van der Waals surface area contributed by atoms with Crippen molar-refractivity contribution in [3.63, 3.8) is 0 Å². The molecule has 0 rings (SSSR count). The molecule has 0 saturated carbocycles. The molecule has 0 atom stereocenters. The van der Waals surface area contributed by atoms with E-state index in [4.69, 9.17) is 10.8 Å². The van der Waals surface area contributed by atoms with Crippen molar-refractivity contribution >= 4 is 0 Å². The number of hydrazine groups is 1. The summed E-state index contributed by atoms with van der Waals surface area (Å²) in [4.78, 5) is 0. The molecule has 0 amide bonds. The van der Waals surface area contributed by atoms with Gasteiger partial charge in [0.1, 0.15) is 0 Å². The van der Waals surface area contributed by atoms with Gasteiger partial charge in [-0.25, -0.2) is 10.0 Å². The van der Waals surface area contributed by atoms with Gasteiger partial charge in [-0.05, 0) is 6.42 Å². The highest BCUT2D eigenvalue weighted by atomic mass is 16.3. The van der Waals surface area contributed by atoms with Crippen LogP contribution in [0.1, 0.15) is 20.3 Å². The van der Waals surface area contributed by atoms with Crippen LogP contribution in [0.25, 0.3) is 0 Å². The van der Waals surface area contributed by atoms with Gasteiger partial charge in [-0.15, -0.1) is 0 Å². The van der Waals surface area contributed by atoms with E-state index in [9.17, 15) is 0 Å². The lowest BCUT2D eigenvalue weighted by molar-refractivity contribution is -0.0190. The van der Waals surface area contributed by atoms with Gasteiger partial charge in [0.15, 0.2) is 0 Å². The number of aliphatic hydroxyl groups is 1. The van der Waals surface area contributed by atoms with Crippen LogP contribution in [0.5, 0.6) is 0 Å². The summed E-state index contributed by atoms with van der Waals surface area (Å²) in [6, 6.07) is 0. The second-order valence-corrected chi connectivity index (χ2v) is 3.71. The summed E-state index contributed by atoms with van der Waals surface area (Å²) in [7, 11) is 0. The summed E-state index contributed by atoms with van der Waals surface area (Å²) in [5.41, 5.74) is 5.42. The Morgan fingerprint density at radius 1 is 1.06 bits per heavy atom. The zero-order valence-corrected chi connectivity index (χ0v) is 10.8. The van der Waals surface area contributed by atoms with E-state index in [1.165, 1.54) is 0 Å². The second kappa shape index (κ2) is 11.3. The summed E-state index contributed by atoms with van der Waals surface area (Å²) in [6.45, 7) is 11.0. The zero-order chi connectivity index (χ0) is 12.2. The summed E-state index contributed by atoms with van der Waals surface area (Å²) in [5, 5.41) is 16.8.